The highest BCUT2D eigenvalue weighted by Gasteiger charge is 2.38. The first-order chi connectivity index (χ1) is 12.3. The maximum absolute atomic E-state index is 15.0. The number of halogens is 2. The summed E-state index contributed by atoms with van der Waals surface area (Å²) in [6.45, 7) is 3.11. The number of sulfonamides is 1. The molecule has 1 saturated carbocycles. The quantitative estimate of drug-likeness (QED) is 0.798. The van der Waals surface area contributed by atoms with Gasteiger partial charge in [0.05, 0.1) is 19.4 Å². The van der Waals surface area contributed by atoms with Gasteiger partial charge in [0.15, 0.2) is 0 Å². The van der Waals surface area contributed by atoms with Gasteiger partial charge in [0.25, 0.3) is 0 Å². The van der Waals surface area contributed by atoms with E-state index in [1.54, 1.807) is 0 Å². The van der Waals surface area contributed by atoms with E-state index in [0.29, 0.717) is 18.9 Å². The maximum atomic E-state index is 15.0. The second kappa shape index (κ2) is 7.93. The van der Waals surface area contributed by atoms with E-state index in [-0.39, 0.29) is 22.4 Å². The molecule has 0 atom stereocenters. The van der Waals surface area contributed by atoms with Gasteiger partial charge in [0, 0.05) is 19.1 Å². The molecule has 0 bridgehead atoms. The molecule has 10 heteroatoms. The minimum absolute atomic E-state index is 0.00592. The Labute approximate surface area is 157 Å². The molecule has 0 unspecified atom stereocenters. The third-order valence-corrected chi connectivity index (χ3v) is 6.14. The Balaban J connectivity index is 1.55. The highest BCUT2D eigenvalue weighted by molar-refractivity contribution is 7.89. The van der Waals surface area contributed by atoms with Crippen LogP contribution in [-0.4, -0.2) is 62.9 Å². The summed E-state index contributed by atoms with van der Waals surface area (Å²) in [6.07, 6.45) is 3.40. The molecule has 2 N–H and O–H groups in total. The lowest BCUT2D eigenvalue weighted by atomic mass is 9.83. The third-order valence-electron chi connectivity index (χ3n) is 4.99. The van der Waals surface area contributed by atoms with Gasteiger partial charge in [-0.2, -0.15) is 0 Å². The van der Waals surface area contributed by atoms with E-state index in [2.05, 4.69) is 9.88 Å². The Morgan fingerprint density at radius 3 is 2.62 bits per heavy atom. The zero-order valence-electron chi connectivity index (χ0n) is 14.4. The molecule has 7 nitrogen and oxygen atoms in total. The SMILES string of the molecule is NS(=O)(=O)c1cnc(OC[C@]2(F)CC[C@@H](N3CCOCC3)CC2)c(Cl)c1. The van der Waals surface area contributed by atoms with Crippen LogP contribution in [0.1, 0.15) is 25.7 Å². The van der Waals surface area contributed by atoms with E-state index in [4.69, 9.17) is 26.2 Å². The summed E-state index contributed by atoms with van der Waals surface area (Å²) in [7, 11) is -3.90. The maximum Gasteiger partial charge on any atom is 0.239 e. The summed E-state index contributed by atoms with van der Waals surface area (Å²) >= 11 is 5.97. The Kier molecular flexibility index (Phi) is 6.03. The highest BCUT2D eigenvalue weighted by Crippen LogP contribution is 2.35. The number of rotatable bonds is 5. The number of nitrogens with two attached hydrogens (primary N) is 1. The fourth-order valence-electron chi connectivity index (χ4n) is 3.44. The molecular weight excluding hydrogens is 385 g/mol. The summed E-state index contributed by atoms with van der Waals surface area (Å²) in [5.74, 6) is 0.00592. The molecule has 0 amide bonds. The van der Waals surface area contributed by atoms with Crippen LogP contribution in [-0.2, 0) is 14.8 Å². The number of hydrogen-bond acceptors (Lipinski definition) is 6. The minimum atomic E-state index is -3.90. The number of nitrogens with zero attached hydrogens (tertiary/aromatic N) is 2. The molecule has 2 aliphatic rings. The monoisotopic (exact) mass is 407 g/mol. The molecule has 0 aromatic carbocycles. The van der Waals surface area contributed by atoms with Crippen molar-refractivity contribution in [1.82, 2.24) is 9.88 Å². The molecule has 1 saturated heterocycles. The van der Waals surface area contributed by atoms with Crippen molar-refractivity contribution in [3.8, 4) is 5.88 Å². The molecule has 146 valence electrons. The number of aromatic nitrogens is 1. The fraction of sp³-hybridized carbons (Fsp3) is 0.688. The third kappa shape index (κ3) is 4.83. The van der Waals surface area contributed by atoms with Gasteiger partial charge >= 0.3 is 0 Å². The Hall–Kier alpha value is -1.00. The van der Waals surface area contributed by atoms with E-state index in [1.165, 1.54) is 0 Å². The minimum Gasteiger partial charge on any atom is -0.473 e. The van der Waals surface area contributed by atoms with Crippen molar-refractivity contribution in [2.24, 2.45) is 5.14 Å². The lowest BCUT2D eigenvalue weighted by molar-refractivity contribution is -0.0215. The number of pyridine rings is 1. The second-order valence-electron chi connectivity index (χ2n) is 6.82. The molecule has 1 aromatic heterocycles. The summed E-state index contributed by atoms with van der Waals surface area (Å²) < 4.78 is 48.4. The van der Waals surface area contributed by atoms with E-state index in [9.17, 15) is 8.42 Å². The number of morpholine rings is 1. The summed E-state index contributed by atoms with van der Waals surface area (Å²) in [6, 6.07) is 1.54. The number of ether oxygens (including phenoxy) is 2. The van der Waals surface area contributed by atoms with Crippen molar-refractivity contribution in [3.63, 3.8) is 0 Å². The first-order valence-corrected chi connectivity index (χ1v) is 10.5. The van der Waals surface area contributed by atoms with Crippen LogP contribution in [0.4, 0.5) is 4.39 Å². The molecule has 26 heavy (non-hydrogen) atoms. The van der Waals surface area contributed by atoms with Crippen LogP contribution in [0.2, 0.25) is 5.02 Å². The largest absolute Gasteiger partial charge is 0.473 e. The van der Waals surface area contributed by atoms with Gasteiger partial charge in [0.1, 0.15) is 22.2 Å². The molecule has 1 aromatic rings. The van der Waals surface area contributed by atoms with Crippen LogP contribution in [0.25, 0.3) is 0 Å². The average Bonchev–Trinajstić information content (AvgIpc) is 2.61. The molecule has 2 fully saturated rings. The molecule has 1 aliphatic carbocycles. The van der Waals surface area contributed by atoms with Crippen molar-refractivity contribution in [2.75, 3.05) is 32.9 Å². The fourth-order valence-corrected chi connectivity index (χ4v) is 4.21. The van der Waals surface area contributed by atoms with E-state index >= 15 is 4.39 Å². The van der Waals surface area contributed by atoms with Gasteiger partial charge in [-0.05, 0) is 31.7 Å². The van der Waals surface area contributed by atoms with Gasteiger partial charge in [-0.3, -0.25) is 4.90 Å². The van der Waals surface area contributed by atoms with Gasteiger partial charge in [-0.1, -0.05) is 11.6 Å². The number of hydrogen-bond donors (Lipinski definition) is 1. The van der Waals surface area contributed by atoms with Gasteiger partial charge in [-0.25, -0.2) is 22.9 Å². The molecular formula is C16H23ClFN3O4S. The summed E-state index contributed by atoms with van der Waals surface area (Å²) in [5.41, 5.74) is -1.44. The Morgan fingerprint density at radius 2 is 2.04 bits per heavy atom. The van der Waals surface area contributed by atoms with Crippen molar-refractivity contribution in [1.29, 1.82) is 0 Å². The normalized spacial score (nSPS) is 28.0. The molecule has 1 aliphatic heterocycles. The first-order valence-electron chi connectivity index (χ1n) is 8.59. The zero-order valence-corrected chi connectivity index (χ0v) is 15.9. The van der Waals surface area contributed by atoms with Crippen molar-refractivity contribution in [2.45, 2.75) is 42.3 Å². The smallest absolute Gasteiger partial charge is 0.239 e. The molecule has 0 spiro atoms. The van der Waals surface area contributed by atoms with Crippen LogP contribution < -0.4 is 9.88 Å². The number of alkyl halides is 1. The standard InChI is InChI=1S/C16H23ClFN3O4S/c17-14-9-13(26(19,22)23)10-20-15(14)25-11-16(18)3-1-12(2-4-16)21-5-7-24-8-6-21/h9-10,12H,1-8,11H2,(H2,19,22,23)/t12-,16+. The van der Waals surface area contributed by atoms with Crippen molar-refractivity contribution < 1.29 is 22.3 Å². The van der Waals surface area contributed by atoms with Crippen LogP contribution >= 0.6 is 11.6 Å². The zero-order chi connectivity index (χ0) is 18.8. The highest BCUT2D eigenvalue weighted by atomic mass is 35.5. The Morgan fingerprint density at radius 1 is 1.38 bits per heavy atom. The van der Waals surface area contributed by atoms with Gasteiger partial charge in [0.2, 0.25) is 15.9 Å². The van der Waals surface area contributed by atoms with Crippen LogP contribution in [0.3, 0.4) is 0 Å². The Bertz CT molecular complexity index is 735. The van der Waals surface area contributed by atoms with Crippen molar-refractivity contribution >= 4 is 21.6 Å². The topological polar surface area (TPSA) is 94.8 Å². The molecule has 2 heterocycles. The molecule has 0 radical (unpaired) electrons. The van der Waals surface area contributed by atoms with Gasteiger partial charge < -0.3 is 9.47 Å². The molecule has 3 rings (SSSR count). The predicted molar refractivity (Wildman–Crippen MR) is 94.6 cm³/mol. The van der Waals surface area contributed by atoms with Gasteiger partial charge in [-0.15, -0.1) is 0 Å². The van der Waals surface area contributed by atoms with Crippen LogP contribution in [0, 0.1) is 0 Å². The van der Waals surface area contributed by atoms with Crippen molar-refractivity contribution in [3.05, 3.63) is 17.3 Å². The van der Waals surface area contributed by atoms with Crippen LogP contribution in [0.15, 0.2) is 17.2 Å². The van der Waals surface area contributed by atoms with E-state index in [1.807, 2.05) is 0 Å². The number of primary sulfonamides is 1. The lowest BCUT2D eigenvalue weighted by Gasteiger charge is -2.40. The summed E-state index contributed by atoms with van der Waals surface area (Å²) in [5, 5.41) is 5.01. The van der Waals surface area contributed by atoms with E-state index in [0.717, 1.165) is 51.4 Å². The average molecular weight is 408 g/mol. The second-order valence-corrected chi connectivity index (χ2v) is 8.79. The summed E-state index contributed by atoms with van der Waals surface area (Å²) in [4.78, 5) is 6.00. The first kappa shape index (κ1) is 19.8. The van der Waals surface area contributed by atoms with E-state index < -0.39 is 15.7 Å². The lowest BCUT2D eigenvalue weighted by Crippen LogP contribution is -2.48. The predicted octanol–water partition coefficient (Wildman–Crippen LogP) is 1.74. The van der Waals surface area contributed by atoms with Crippen LogP contribution in [0.5, 0.6) is 5.88 Å².